The molecule has 2 heteroatoms. The minimum absolute atomic E-state index is 0.203. The number of benzene rings is 2. The van der Waals surface area contributed by atoms with Crippen LogP contribution in [-0.4, -0.2) is 13.2 Å². The second-order valence-electron chi connectivity index (χ2n) is 6.41. The SMILES string of the molecule is CCC[C@@]12Cc3ccccc3N[C@@H]1N(C)c1ccccc12. The lowest BCUT2D eigenvalue weighted by Crippen LogP contribution is -2.52. The number of nitrogens with zero attached hydrogens (tertiary/aromatic N) is 1. The zero-order valence-corrected chi connectivity index (χ0v) is 12.8. The van der Waals surface area contributed by atoms with Gasteiger partial charge >= 0.3 is 0 Å². The molecule has 2 heterocycles. The molecule has 0 bridgehead atoms. The number of rotatable bonds is 2. The molecule has 0 spiro atoms. The van der Waals surface area contributed by atoms with Crippen LogP contribution in [0.1, 0.15) is 30.9 Å². The third kappa shape index (κ3) is 1.65. The smallest absolute Gasteiger partial charge is 0.109 e. The van der Waals surface area contributed by atoms with Gasteiger partial charge in [-0.2, -0.15) is 0 Å². The summed E-state index contributed by atoms with van der Waals surface area (Å²) in [6, 6.07) is 17.7. The van der Waals surface area contributed by atoms with Crippen LogP contribution in [0, 0.1) is 0 Å². The first-order valence-corrected chi connectivity index (χ1v) is 7.93. The summed E-state index contributed by atoms with van der Waals surface area (Å²) in [7, 11) is 2.22. The number of nitrogens with one attached hydrogen (secondary N) is 1. The van der Waals surface area contributed by atoms with Crippen molar-refractivity contribution in [1.82, 2.24) is 0 Å². The van der Waals surface area contributed by atoms with E-state index in [-0.39, 0.29) is 5.41 Å². The molecule has 108 valence electrons. The van der Waals surface area contributed by atoms with Gasteiger partial charge in [0, 0.05) is 23.8 Å². The maximum absolute atomic E-state index is 3.81. The first-order valence-electron chi connectivity index (χ1n) is 7.93. The lowest BCUT2D eigenvalue weighted by atomic mass is 9.69. The fraction of sp³-hybridized carbons (Fsp3) is 0.368. The number of hydrogen-bond acceptors (Lipinski definition) is 2. The maximum atomic E-state index is 3.81. The molecule has 2 nitrogen and oxygen atoms in total. The van der Waals surface area contributed by atoms with Crippen LogP contribution in [0.2, 0.25) is 0 Å². The van der Waals surface area contributed by atoms with Crippen LogP contribution in [0.4, 0.5) is 11.4 Å². The van der Waals surface area contributed by atoms with Crippen LogP contribution in [0.3, 0.4) is 0 Å². The summed E-state index contributed by atoms with van der Waals surface area (Å²) in [6.07, 6.45) is 3.93. The Kier molecular flexibility index (Phi) is 2.75. The second-order valence-corrected chi connectivity index (χ2v) is 6.41. The molecule has 21 heavy (non-hydrogen) atoms. The largest absolute Gasteiger partial charge is 0.364 e. The minimum atomic E-state index is 0.203. The first kappa shape index (κ1) is 12.8. The molecule has 2 aromatic carbocycles. The highest BCUT2D eigenvalue weighted by Crippen LogP contribution is 2.52. The van der Waals surface area contributed by atoms with Crippen LogP contribution >= 0.6 is 0 Å². The molecular weight excluding hydrogens is 256 g/mol. The number of fused-ring (bicyclic) bond motifs is 4. The van der Waals surface area contributed by atoms with Gasteiger partial charge in [-0.05, 0) is 36.1 Å². The van der Waals surface area contributed by atoms with Crippen molar-refractivity contribution in [3.8, 4) is 0 Å². The standard InChI is InChI=1S/C19H22N2/c1-3-12-19-13-14-8-4-6-10-16(14)20-18(19)21(2)17-11-7-5-9-15(17)19/h4-11,18,20H,3,12-13H2,1-2H3/t18-,19+/m1/s1. The van der Waals surface area contributed by atoms with Gasteiger partial charge in [0.25, 0.3) is 0 Å². The topological polar surface area (TPSA) is 15.3 Å². The summed E-state index contributed by atoms with van der Waals surface area (Å²) < 4.78 is 0. The van der Waals surface area contributed by atoms with Gasteiger partial charge < -0.3 is 10.2 Å². The lowest BCUT2D eigenvalue weighted by molar-refractivity contribution is 0.339. The molecule has 2 aliphatic heterocycles. The fourth-order valence-electron chi connectivity index (χ4n) is 4.39. The van der Waals surface area contributed by atoms with Crippen LogP contribution in [0.25, 0.3) is 0 Å². The summed E-state index contributed by atoms with van der Waals surface area (Å²) in [5.74, 6) is 0. The van der Waals surface area contributed by atoms with E-state index in [0.29, 0.717) is 6.17 Å². The van der Waals surface area contributed by atoms with E-state index in [1.807, 2.05) is 0 Å². The highest BCUT2D eigenvalue weighted by atomic mass is 15.3. The molecule has 0 fully saturated rings. The van der Waals surface area contributed by atoms with E-state index in [0.717, 1.165) is 6.42 Å². The molecule has 4 rings (SSSR count). The zero-order chi connectivity index (χ0) is 14.4. The van der Waals surface area contributed by atoms with E-state index < -0.39 is 0 Å². The van der Waals surface area contributed by atoms with E-state index in [4.69, 9.17) is 0 Å². The molecule has 0 radical (unpaired) electrons. The van der Waals surface area contributed by atoms with Crippen molar-refractivity contribution in [2.24, 2.45) is 0 Å². The lowest BCUT2D eigenvalue weighted by Gasteiger charge is -2.43. The van der Waals surface area contributed by atoms with Crippen LogP contribution in [-0.2, 0) is 11.8 Å². The van der Waals surface area contributed by atoms with Gasteiger partial charge in [0.2, 0.25) is 0 Å². The van der Waals surface area contributed by atoms with E-state index >= 15 is 0 Å². The first-order chi connectivity index (χ1) is 10.3. The molecule has 2 aromatic rings. The second kappa shape index (κ2) is 4.52. The Morgan fingerprint density at radius 2 is 1.90 bits per heavy atom. The summed E-state index contributed by atoms with van der Waals surface area (Å²) in [6.45, 7) is 2.30. The normalized spacial score (nSPS) is 25.8. The Morgan fingerprint density at radius 3 is 2.76 bits per heavy atom. The van der Waals surface area contributed by atoms with Gasteiger partial charge in [0.05, 0.1) is 0 Å². The Balaban J connectivity index is 1.90. The fourth-order valence-corrected chi connectivity index (χ4v) is 4.39. The number of hydrogen-bond donors (Lipinski definition) is 1. The van der Waals surface area contributed by atoms with Gasteiger partial charge in [-0.15, -0.1) is 0 Å². The quantitative estimate of drug-likeness (QED) is 0.887. The molecule has 0 saturated carbocycles. The molecule has 2 atom stereocenters. The average molecular weight is 278 g/mol. The minimum Gasteiger partial charge on any atom is -0.364 e. The Hall–Kier alpha value is -1.96. The van der Waals surface area contributed by atoms with Crippen LogP contribution in [0.15, 0.2) is 48.5 Å². The van der Waals surface area contributed by atoms with Crippen molar-refractivity contribution in [1.29, 1.82) is 0 Å². The number of likely N-dealkylation sites (N-methyl/N-ethyl adjacent to an activating group) is 1. The third-order valence-corrected chi connectivity index (χ3v) is 5.24. The van der Waals surface area contributed by atoms with Crippen molar-refractivity contribution in [2.75, 3.05) is 17.3 Å². The number of para-hydroxylation sites is 2. The third-order valence-electron chi connectivity index (χ3n) is 5.24. The van der Waals surface area contributed by atoms with Crippen molar-refractivity contribution >= 4 is 11.4 Å². The summed E-state index contributed by atoms with van der Waals surface area (Å²) in [5.41, 5.74) is 5.85. The molecule has 0 unspecified atom stereocenters. The molecular formula is C19H22N2. The van der Waals surface area contributed by atoms with E-state index in [1.165, 1.54) is 35.3 Å². The van der Waals surface area contributed by atoms with Crippen molar-refractivity contribution in [3.63, 3.8) is 0 Å². The van der Waals surface area contributed by atoms with E-state index in [2.05, 4.69) is 72.7 Å². The van der Waals surface area contributed by atoms with Gasteiger partial charge in [-0.25, -0.2) is 0 Å². The van der Waals surface area contributed by atoms with Gasteiger partial charge in [0.1, 0.15) is 6.17 Å². The molecule has 0 aliphatic carbocycles. The molecule has 0 aromatic heterocycles. The van der Waals surface area contributed by atoms with Crippen molar-refractivity contribution in [3.05, 3.63) is 59.7 Å². The summed E-state index contributed by atoms with van der Waals surface area (Å²) in [5, 5.41) is 3.81. The Morgan fingerprint density at radius 1 is 1.14 bits per heavy atom. The molecule has 0 amide bonds. The predicted molar refractivity (Wildman–Crippen MR) is 89.0 cm³/mol. The Bertz CT molecular complexity index is 679. The van der Waals surface area contributed by atoms with Gasteiger partial charge in [-0.3, -0.25) is 0 Å². The highest BCUT2D eigenvalue weighted by Gasteiger charge is 2.51. The van der Waals surface area contributed by atoms with Gasteiger partial charge in [0.15, 0.2) is 0 Å². The maximum Gasteiger partial charge on any atom is 0.109 e. The summed E-state index contributed by atoms with van der Waals surface area (Å²) in [4.78, 5) is 2.43. The summed E-state index contributed by atoms with van der Waals surface area (Å²) >= 11 is 0. The molecule has 0 saturated heterocycles. The van der Waals surface area contributed by atoms with E-state index in [9.17, 15) is 0 Å². The van der Waals surface area contributed by atoms with Crippen LogP contribution in [0.5, 0.6) is 0 Å². The van der Waals surface area contributed by atoms with Crippen molar-refractivity contribution < 1.29 is 0 Å². The van der Waals surface area contributed by atoms with Crippen molar-refractivity contribution in [2.45, 2.75) is 37.8 Å². The van der Waals surface area contributed by atoms with E-state index in [1.54, 1.807) is 0 Å². The average Bonchev–Trinajstić information content (AvgIpc) is 2.76. The van der Waals surface area contributed by atoms with Crippen LogP contribution < -0.4 is 10.2 Å². The molecule has 1 N–H and O–H groups in total. The predicted octanol–water partition coefficient (Wildman–Crippen LogP) is 4.17. The van der Waals surface area contributed by atoms with Gasteiger partial charge in [-0.1, -0.05) is 49.7 Å². The zero-order valence-electron chi connectivity index (χ0n) is 12.8. The number of anilines is 2. The Labute approximate surface area is 126 Å². The monoisotopic (exact) mass is 278 g/mol. The molecule has 2 aliphatic rings. The highest BCUT2D eigenvalue weighted by molar-refractivity contribution is 5.70.